The van der Waals surface area contributed by atoms with E-state index in [-0.39, 0.29) is 12.3 Å². The van der Waals surface area contributed by atoms with Gasteiger partial charge in [-0.3, -0.25) is 4.79 Å². The molecule has 1 N–H and O–H groups in total. The number of aliphatic carboxylic acids is 1. The number of rotatable bonds is 3. The first kappa shape index (κ1) is 15.8. The minimum atomic E-state index is -0.938. The lowest BCUT2D eigenvalue weighted by Gasteiger charge is -2.44. The zero-order chi connectivity index (χ0) is 15.6. The highest BCUT2D eigenvalue weighted by Crippen LogP contribution is 2.35. The van der Waals surface area contributed by atoms with Gasteiger partial charge >= 0.3 is 5.97 Å². The Kier molecular flexibility index (Phi) is 4.57. The van der Waals surface area contributed by atoms with Gasteiger partial charge in [0, 0.05) is 11.6 Å². The molecular weight excluding hydrogens is 290 g/mol. The Balaban J connectivity index is 2.21. The number of nitrogens with zero attached hydrogens (tertiary/aromatic N) is 1. The summed E-state index contributed by atoms with van der Waals surface area (Å²) in [7, 11) is 0. The van der Waals surface area contributed by atoms with E-state index < -0.39 is 17.4 Å². The van der Waals surface area contributed by atoms with E-state index in [0.717, 1.165) is 18.4 Å². The molecule has 1 aliphatic rings. The van der Waals surface area contributed by atoms with Crippen molar-refractivity contribution in [1.82, 2.24) is 4.90 Å². The van der Waals surface area contributed by atoms with Gasteiger partial charge in [0.1, 0.15) is 6.04 Å². The van der Waals surface area contributed by atoms with Crippen LogP contribution in [0.2, 0.25) is 5.02 Å². The minimum absolute atomic E-state index is 0.138. The maximum absolute atomic E-state index is 12.5. The fourth-order valence-corrected chi connectivity index (χ4v) is 3.24. The minimum Gasteiger partial charge on any atom is -0.480 e. The Labute approximate surface area is 129 Å². The van der Waals surface area contributed by atoms with Crippen LogP contribution < -0.4 is 0 Å². The molecule has 114 valence electrons. The number of piperidine rings is 1. The number of likely N-dealkylation sites (tertiary alicyclic amines) is 1. The summed E-state index contributed by atoms with van der Waals surface area (Å²) in [6.07, 6.45) is 1.77. The van der Waals surface area contributed by atoms with Gasteiger partial charge in [-0.05, 0) is 29.9 Å². The third kappa shape index (κ3) is 3.38. The molecule has 21 heavy (non-hydrogen) atoms. The second-order valence-corrected chi connectivity index (χ2v) is 6.60. The predicted octanol–water partition coefficient (Wildman–Crippen LogP) is 2.98. The van der Waals surface area contributed by atoms with Crippen molar-refractivity contribution < 1.29 is 14.7 Å². The average Bonchev–Trinajstić information content (AvgIpc) is 2.39. The monoisotopic (exact) mass is 309 g/mol. The largest absolute Gasteiger partial charge is 0.480 e. The van der Waals surface area contributed by atoms with Gasteiger partial charge in [-0.2, -0.15) is 0 Å². The molecule has 0 spiro atoms. The molecule has 1 fully saturated rings. The van der Waals surface area contributed by atoms with E-state index in [1.807, 2.05) is 19.9 Å². The van der Waals surface area contributed by atoms with Crippen LogP contribution in [0.15, 0.2) is 24.3 Å². The number of hydrogen-bond donors (Lipinski definition) is 1. The normalized spacial score (nSPS) is 21.1. The zero-order valence-electron chi connectivity index (χ0n) is 12.3. The summed E-state index contributed by atoms with van der Waals surface area (Å²) in [5, 5.41) is 10.0. The third-order valence-electron chi connectivity index (χ3n) is 4.13. The molecule has 1 unspecified atom stereocenters. The molecule has 1 amide bonds. The molecule has 0 radical (unpaired) electrons. The summed E-state index contributed by atoms with van der Waals surface area (Å²) in [4.78, 5) is 25.6. The van der Waals surface area contributed by atoms with Crippen molar-refractivity contribution in [3.05, 3.63) is 34.9 Å². The average molecular weight is 310 g/mol. The number of halogens is 1. The van der Waals surface area contributed by atoms with E-state index in [9.17, 15) is 14.7 Å². The first-order valence-electron chi connectivity index (χ1n) is 7.08. The molecule has 1 saturated heterocycles. The van der Waals surface area contributed by atoms with Crippen molar-refractivity contribution >= 4 is 23.5 Å². The molecule has 5 heteroatoms. The van der Waals surface area contributed by atoms with Gasteiger partial charge in [0.2, 0.25) is 5.91 Å². The lowest BCUT2D eigenvalue weighted by Crippen LogP contribution is -2.56. The topological polar surface area (TPSA) is 57.6 Å². The maximum atomic E-state index is 12.5. The van der Waals surface area contributed by atoms with Crippen LogP contribution in [0, 0.1) is 5.41 Å². The Morgan fingerprint density at radius 3 is 2.67 bits per heavy atom. The Hall–Kier alpha value is -1.55. The summed E-state index contributed by atoms with van der Waals surface area (Å²) in [5.41, 5.74) is 0.317. The van der Waals surface area contributed by atoms with Gasteiger partial charge in [0.25, 0.3) is 0 Å². The van der Waals surface area contributed by atoms with Gasteiger partial charge in [-0.25, -0.2) is 4.79 Å². The van der Waals surface area contributed by atoms with Crippen molar-refractivity contribution in [3.8, 4) is 0 Å². The number of benzene rings is 1. The summed E-state index contributed by atoms with van der Waals surface area (Å²) < 4.78 is 0. The van der Waals surface area contributed by atoms with E-state index in [0.29, 0.717) is 11.6 Å². The highest BCUT2D eigenvalue weighted by atomic mass is 35.5. The van der Waals surface area contributed by atoms with Crippen LogP contribution in [0.3, 0.4) is 0 Å². The van der Waals surface area contributed by atoms with Gasteiger partial charge in [-0.1, -0.05) is 43.6 Å². The fraction of sp³-hybridized carbons (Fsp3) is 0.500. The standard InChI is InChI=1S/C16H20ClNO3/c1-16(2)8-5-9-18(14(16)15(20)21)13(19)10-11-6-3-4-7-12(11)17/h3-4,6-7,14H,5,8-10H2,1-2H3,(H,20,21). The van der Waals surface area contributed by atoms with Crippen molar-refractivity contribution in [3.63, 3.8) is 0 Å². The van der Waals surface area contributed by atoms with Gasteiger partial charge in [-0.15, -0.1) is 0 Å². The van der Waals surface area contributed by atoms with Crippen LogP contribution >= 0.6 is 11.6 Å². The van der Waals surface area contributed by atoms with E-state index in [1.54, 1.807) is 18.2 Å². The lowest BCUT2D eigenvalue weighted by atomic mass is 9.76. The highest BCUT2D eigenvalue weighted by Gasteiger charge is 2.44. The van der Waals surface area contributed by atoms with Gasteiger partial charge in [0.05, 0.1) is 6.42 Å². The third-order valence-corrected chi connectivity index (χ3v) is 4.49. The van der Waals surface area contributed by atoms with Crippen LogP contribution in [0.25, 0.3) is 0 Å². The first-order valence-corrected chi connectivity index (χ1v) is 7.46. The molecule has 0 aromatic heterocycles. The van der Waals surface area contributed by atoms with Crippen LogP contribution in [-0.2, 0) is 16.0 Å². The van der Waals surface area contributed by atoms with Crippen molar-refractivity contribution in [1.29, 1.82) is 0 Å². The summed E-state index contributed by atoms with van der Waals surface area (Å²) in [5.74, 6) is -1.12. The van der Waals surface area contributed by atoms with E-state index >= 15 is 0 Å². The SMILES string of the molecule is CC1(C)CCCN(C(=O)Cc2ccccc2Cl)C1C(=O)O. The molecule has 1 heterocycles. The number of carbonyl (C=O) groups is 2. The van der Waals surface area contributed by atoms with Crippen molar-refractivity contribution in [2.24, 2.45) is 5.41 Å². The molecule has 2 rings (SSSR count). The molecule has 0 aliphatic carbocycles. The van der Waals surface area contributed by atoms with Crippen LogP contribution in [0.5, 0.6) is 0 Å². The summed E-state index contributed by atoms with van der Waals surface area (Å²) in [6, 6.07) is 6.38. The Bertz CT molecular complexity index is 556. The second-order valence-electron chi connectivity index (χ2n) is 6.19. The van der Waals surface area contributed by atoms with Crippen molar-refractivity contribution in [2.45, 2.75) is 39.2 Å². The molecule has 0 saturated carbocycles. The number of carboxylic acid groups (broad SMARTS) is 1. The van der Waals surface area contributed by atoms with Crippen LogP contribution in [-0.4, -0.2) is 34.5 Å². The smallest absolute Gasteiger partial charge is 0.326 e. The van der Waals surface area contributed by atoms with Crippen LogP contribution in [0.1, 0.15) is 32.3 Å². The molecular formula is C16H20ClNO3. The number of carboxylic acids is 1. The molecule has 1 aliphatic heterocycles. The zero-order valence-corrected chi connectivity index (χ0v) is 13.1. The number of hydrogen-bond acceptors (Lipinski definition) is 2. The maximum Gasteiger partial charge on any atom is 0.326 e. The molecule has 1 aromatic rings. The van der Waals surface area contributed by atoms with E-state index in [1.165, 1.54) is 4.90 Å². The van der Waals surface area contributed by atoms with E-state index in [2.05, 4.69) is 0 Å². The van der Waals surface area contributed by atoms with Crippen molar-refractivity contribution in [2.75, 3.05) is 6.54 Å². The van der Waals surface area contributed by atoms with Gasteiger partial charge in [0.15, 0.2) is 0 Å². The van der Waals surface area contributed by atoms with Gasteiger partial charge < -0.3 is 10.0 Å². The molecule has 1 atom stereocenters. The highest BCUT2D eigenvalue weighted by molar-refractivity contribution is 6.31. The molecule has 1 aromatic carbocycles. The summed E-state index contributed by atoms with van der Waals surface area (Å²) in [6.45, 7) is 4.30. The molecule has 4 nitrogen and oxygen atoms in total. The predicted molar refractivity (Wildman–Crippen MR) is 81.3 cm³/mol. The van der Waals surface area contributed by atoms with Crippen LogP contribution in [0.4, 0.5) is 0 Å². The number of amides is 1. The molecule has 0 bridgehead atoms. The lowest BCUT2D eigenvalue weighted by molar-refractivity contribution is -0.158. The van der Waals surface area contributed by atoms with E-state index in [4.69, 9.17) is 11.6 Å². The number of carbonyl (C=O) groups excluding carboxylic acids is 1. The Morgan fingerprint density at radius 2 is 2.05 bits per heavy atom. The fourth-order valence-electron chi connectivity index (χ4n) is 3.04. The summed E-state index contributed by atoms with van der Waals surface area (Å²) >= 11 is 6.08. The quantitative estimate of drug-likeness (QED) is 0.934. The second kappa shape index (κ2) is 6.06. The Morgan fingerprint density at radius 1 is 1.38 bits per heavy atom. The first-order chi connectivity index (χ1) is 9.83.